The Morgan fingerprint density at radius 2 is 2.00 bits per heavy atom. The Bertz CT molecular complexity index is 1120. The molecule has 0 N–H and O–H groups in total. The quantitative estimate of drug-likeness (QED) is 0.254. The summed E-state index contributed by atoms with van der Waals surface area (Å²) in [4.78, 5) is 48.5. The van der Waals surface area contributed by atoms with Crippen molar-refractivity contribution in [2.45, 2.75) is 81.3 Å². The van der Waals surface area contributed by atoms with Crippen LogP contribution in [0.2, 0.25) is 0 Å². The highest BCUT2D eigenvalue weighted by atomic mass is 16.7. The van der Waals surface area contributed by atoms with Gasteiger partial charge in [-0.05, 0) is 19.4 Å². The van der Waals surface area contributed by atoms with Crippen molar-refractivity contribution in [2.75, 3.05) is 13.2 Å². The largest absolute Gasteiger partial charge is 0.463 e. The lowest BCUT2D eigenvalue weighted by atomic mass is 9.80. The van der Waals surface area contributed by atoms with Gasteiger partial charge in [0.25, 0.3) is 0 Å². The topological polar surface area (TPSA) is 147 Å². The first-order valence-corrected chi connectivity index (χ1v) is 11.7. The molecule has 11 nitrogen and oxygen atoms in total. The summed E-state index contributed by atoms with van der Waals surface area (Å²) in [6.45, 7) is 4.70. The van der Waals surface area contributed by atoms with Gasteiger partial charge < -0.3 is 32.8 Å². The van der Waals surface area contributed by atoms with Crippen LogP contribution in [0.5, 0.6) is 0 Å². The molecule has 4 bridgehead atoms. The van der Waals surface area contributed by atoms with E-state index < -0.39 is 65.0 Å². The van der Waals surface area contributed by atoms with Gasteiger partial charge in [0.1, 0.15) is 53.7 Å². The summed E-state index contributed by atoms with van der Waals surface area (Å²) in [5, 5.41) is 0. The Labute approximate surface area is 200 Å². The lowest BCUT2D eigenvalue weighted by Crippen LogP contribution is -2.45. The predicted octanol–water partition coefficient (Wildman–Crippen LogP) is 1.20. The van der Waals surface area contributed by atoms with E-state index in [1.807, 2.05) is 6.92 Å². The van der Waals surface area contributed by atoms with E-state index in [2.05, 4.69) is 0 Å². The van der Waals surface area contributed by atoms with Gasteiger partial charge in [-0.3, -0.25) is 14.4 Å². The number of carbonyl (C=O) groups excluding carboxylic acids is 4. The molecule has 1 aromatic heterocycles. The van der Waals surface area contributed by atoms with Crippen LogP contribution in [0.15, 0.2) is 10.5 Å². The van der Waals surface area contributed by atoms with Crippen LogP contribution in [0.4, 0.5) is 0 Å². The molecule has 35 heavy (non-hydrogen) atoms. The van der Waals surface area contributed by atoms with Gasteiger partial charge in [-0.15, -0.1) is 0 Å². The molecular formula is C24H26O11. The second-order valence-electron chi connectivity index (χ2n) is 10.3. The van der Waals surface area contributed by atoms with E-state index in [0.29, 0.717) is 23.5 Å². The molecule has 0 aliphatic carbocycles. The molecule has 0 aromatic carbocycles. The van der Waals surface area contributed by atoms with Gasteiger partial charge in [0.2, 0.25) is 5.60 Å². The third-order valence-electron chi connectivity index (χ3n) is 7.84. The Balaban J connectivity index is 1.41. The molecular weight excluding hydrogens is 464 g/mol. The van der Waals surface area contributed by atoms with Crippen LogP contribution >= 0.6 is 0 Å². The van der Waals surface area contributed by atoms with E-state index in [-0.39, 0.29) is 26.1 Å². The van der Waals surface area contributed by atoms with Crippen molar-refractivity contribution < 1.29 is 52.0 Å². The van der Waals surface area contributed by atoms with Gasteiger partial charge in [0.05, 0.1) is 12.2 Å². The van der Waals surface area contributed by atoms with Gasteiger partial charge in [-0.25, -0.2) is 4.79 Å². The number of hydrogen-bond acceptors (Lipinski definition) is 11. The molecule has 0 amide bonds. The molecule has 0 radical (unpaired) electrons. The molecule has 5 aliphatic heterocycles. The molecule has 6 rings (SSSR count). The maximum atomic E-state index is 13.1. The zero-order chi connectivity index (χ0) is 24.8. The highest BCUT2D eigenvalue weighted by molar-refractivity contribution is 5.88. The molecule has 0 spiro atoms. The monoisotopic (exact) mass is 490 g/mol. The fourth-order valence-corrected chi connectivity index (χ4v) is 5.76. The average Bonchev–Trinajstić information content (AvgIpc) is 3.72. The van der Waals surface area contributed by atoms with Crippen LogP contribution in [-0.2, 0) is 49.2 Å². The minimum Gasteiger partial charge on any atom is -0.463 e. The van der Waals surface area contributed by atoms with Crippen LogP contribution in [-0.4, -0.2) is 72.5 Å². The van der Waals surface area contributed by atoms with Crippen molar-refractivity contribution in [2.24, 2.45) is 5.92 Å². The summed E-state index contributed by atoms with van der Waals surface area (Å²) in [6, 6.07) is 1.66. The zero-order valence-electron chi connectivity index (χ0n) is 19.6. The van der Waals surface area contributed by atoms with Crippen molar-refractivity contribution >= 4 is 24.2 Å². The van der Waals surface area contributed by atoms with Crippen LogP contribution in [0.25, 0.3) is 0 Å². The van der Waals surface area contributed by atoms with Gasteiger partial charge >= 0.3 is 17.9 Å². The standard InChI is InChI=1S/C24H26O11/c1-11(26)29-9-23(10-30-23)14-5-15-13(8-25)4-16(32-15)19-22(3,34-19)7-17-20-24(35-20,21(28)33-17)18(6-14)31-12(2)27/h4,8,14,17-20H,5-7,9-10H2,1-3H3/t14-,17-,18+,19+,20-,22+,23+,24-/m0/s1. The Morgan fingerprint density at radius 1 is 1.23 bits per heavy atom. The number of epoxide rings is 3. The summed E-state index contributed by atoms with van der Waals surface area (Å²) < 4.78 is 40.3. The average molecular weight is 490 g/mol. The van der Waals surface area contributed by atoms with E-state index in [1.165, 1.54) is 13.8 Å². The molecule has 4 saturated heterocycles. The maximum Gasteiger partial charge on any atom is 0.345 e. The van der Waals surface area contributed by atoms with Crippen molar-refractivity contribution in [3.63, 3.8) is 0 Å². The SMILES string of the molecule is CC(=O)OC[C@]1([C@H]2Cc3oc(cc3C=O)[C@H]3O[C@]3(C)C[C@@H]3OC(=O)[C@]4(O[C@@H]34)[C@H](OC(C)=O)C2)CO1. The van der Waals surface area contributed by atoms with E-state index in [0.717, 1.165) is 6.29 Å². The normalized spacial score (nSPS) is 42.7. The van der Waals surface area contributed by atoms with Crippen LogP contribution < -0.4 is 0 Å². The fraction of sp³-hybridized carbons (Fsp3) is 0.667. The predicted molar refractivity (Wildman–Crippen MR) is 111 cm³/mol. The molecule has 5 aliphatic rings. The Morgan fingerprint density at radius 3 is 2.63 bits per heavy atom. The number of carbonyl (C=O) groups is 4. The third-order valence-corrected chi connectivity index (χ3v) is 7.84. The smallest absolute Gasteiger partial charge is 0.345 e. The number of aldehydes is 1. The Kier molecular flexibility index (Phi) is 4.78. The summed E-state index contributed by atoms with van der Waals surface area (Å²) in [7, 11) is 0. The van der Waals surface area contributed by atoms with Crippen molar-refractivity contribution in [3.05, 3.63) is 23.2 Å². The molecule has 4 fully saturated rings. The molecule has 0 saturated carbocycles. The highest BCUT2D eigenvalue weighted by Crippen LogP contribution is 2.59. The van der Waals surface area contributed by atoms with Gasteiger partial charge in [-0.2, -0.15) is 0 Å². The first kappa shape index (κ1) is 22.7. The molecule has 6 heterocycles. The molecule has 188 valence electrons. The molecule has 1 aromatic rings. The van der Waals surface area contributed by atoms with Crippen LogP contribution in [0.3, 0.4) is 0 Å². The van der Waals surface area contributed by atoms with Gasteiger partial charge in [0.15, 0.2) is 6.29 Å². The number of esters is 3. The van der Waals surface area contributed by atoms with Gasteiger partial charge in [-0.1, -0.05) is 0 Å². The lowest BCUT2D eigenvalue weighted by molar-refractivity contribution is -0.166. The summed E-state index contributed by atoms with van der Waals surface area (Å²) >= 11 is 0. The van der Waals surface area contributed by atoms with Crippen molar-refractivity contribution in [1.82, 2.24) is 0 Å². The second kappa shape index (κ2) is 7.37. The minimum atomic E-state index is -1.41. The maximum absolute atomic E-state index is 13.1. The molecule has 0 unspecified atom stereocenters. The van der Waals surface area contributed by atoms with E-state index in [1.54, 1.807) is 6.07 Å². The first-order valence-electron chi connectivity index (χ1n) is 11.7. The van der Waals surface area contributed by atoms with Crippen LogP contribution in [0.1, 0.15) is 61.6 Å². The first-order chi connectivity index (χ1) is 16.6. The molecule has 11 heteroatoms. The number of furan rings is 1. The Hall–Kier alpha value is -2.76. The second-order valence-corrected chi connectivity index (χ2v) is 10.3. The number of fused-ring (bicyclic) bond motifs is 4. The summed E-state index contributed by atoms with van der Waals surface area (Å²) in [5.41, 5.74) is -2.59. The minimum absolute atomic E-state index is 0.0298. The van der Waals surface area contributed by atoms with Gasteiger partial charge in [0, 0.05) is 32.6 Å². The number of ether oxygens (including phenoxy) is 6. The van der Waals surface area contributed by atoms with E-state index in [4.69, 9.17) is 32.8 Å². The number of hydrogen-bond donors (Lipinski definition) is 0. The zero-order valence-corrected chi connectivity index (χ0v) is 19.6. The van der Waals surface area contributed by atoms with Crippen molar-refractivity contribution in [3.8, 4) is 0 Å². The lowest BCUT2D eigenvalue weighted by Gasteiger charge is -2.29. The van der Waals surface area contributed by atoms with E-state index in [9.17, 15) is 19.2 Å². The fourth-order valence-electron chi connectivity index (χ4n) is 5.76. The van der Waals surface area contributed by atoms with Crippen LogP contribution in [0, 0.1) is 5.92 Å². The highest BCUT2D eigenvalue weighted by Gasteiger charge is 2.79. The van der Waals surface area contributed by atoms with E-state index >= 15 is 0 Å². The number of rotatable bonds is 5. The summed E-state index contributed by atoms with van der Waals surface area (Å²) in [6.07, 6.45) is -1.09. The molecule has 8 atom stereocenters. The third kappa shape index (κ3) is 3.51. The van der Waals surface area contributed by atoms with Crippen molar-refractivity contribution in [1.29, 1.82) is 0 Å². The summed E-state index contributed by atoms with van der Waals surface area (Å²) in [5.74, 6) is -1.12.